The lowest BCUT2D eigenvalue weighted by Gasteiger charge is -2.19. The zero-order valence-electron chi connectivity index (χ0n) is 9.69. The maximum atomic E-state index is 12.0. The van der Waals surface area contributed by atoms with Gasteiger partial charge in [0.15, 0.2) is 0 Å². The number of nitriles is 1. The summed E-state index contributed by atoms with van der Waals surface area (Å²) in [6.45, 7) is 4.66. The summed E-state index contributed by atoms with van der Waals surface area (Å²) in [5.74, 6) is 0.349. The van der Waals surface area contributed by atoms with Crippen LogP contribution in [0.5, 0.6) is 0 Å². The van der Waals surface area contributed by atoms with Crippen LogP contribution in [0.4, 0.5) is 0 Å². The highest BCUT2D eigenvalue weighted by Crippen LogP contribution is 2.35. The molecule has 1 aliphatic heterocycles. The van der Waals surface area contributed by atoms with Gasteiger partial charge in [0.05, 0.1) is 6.07 Å². The standard InChI is InChI=1S/C11H17N3O2/c1-8(2)5-9(14-7-16-14)10(15)13-11(6-12)3-4-11/h8-9H,3-5,7H2,1-2H3,(H,13,15). The highest BCUT2D eigenvalue weighted by molar-refractivity contribution is 5.83. The van der Waals surface area contributed by atoms with Crippen molar-refractivity contribution in [1.82, 2.24) is 10.4 Å². The first-order valence-corrected chi connectivity index (χ1v) is 5.69. The maximum Gasteiger partial charge on any atom is 0.241 e. The van der Waals surface area contributed by atoms with Crippen molar-refractivity contribution in [3.63, 3.8) is 0 Å². The SMILES string of the molecule is CC(C)CC(C(=O)NC1(C#N)CC1)N1CO1. The molecule has 1 N–H and O–H groups in total. The number of hydroxylamine groups is 2. The Morgan fingerprint density at radius 3 is 2.62 bits per heavy atom. The summed E-state index contributed by atoms with van der Waals surface area (Å²) in [4.78, 5) is 17.0. The average molecular weight is 223 g/mol. The minimum atomic E-state index is -0.581. The van der Waals surface area contributed by atoms with Crippen molar-refractivity contribution in [3.8, 4) is 6.07 Å². The van der Waals surface area contributed by atoms with Gasteiger partial charge in [0.25, 0.3) is 0 Å². The van der Waals surface area contributed by atoms with E-state index < -0.39 is 5.54 Å². The molecule has 1 aliphatic carbocycles. The Balaban J connectivity index is 1.92. The van der Waals surface area contributed by atoms with Gasteiger partial charge in [-0.25, -0.2) is 0 Å². The minimum absolute atomic E-state index is 0.0785. The van der Waals surface area contributed by atoms with Crippen LogP contribution in [-0.4, -0.2) is 29.3 Å². The largest absolute Gasteiger partial charge is 0.336 e. The second-order valence-corrected chi connectivity index (χ2v) is 5.00. The fourth-order valence-electron chi connectivity index (χ4n) is 1.72. The van der Waals surface area contributed by atoms with Crippen molar-refractivity contribution in [2.75, 3.05) is 6.73 Å². The van der Waals surface area contributed by atoms with Crippen molar-refractivity contribution in [2.24, 2.45) is 5.92 Å². The van der Waals surface area contributed by atoms with Crippen LogP contribution in [-0.2, 0) is 9.63 Å². The fourth-order valence-corrected chi connectivity index (χ4v) is 1.72. The molecule has 0 aromatic rings. The van der Waals surface area contributed by atoms with Gasteiger partial charge in [-0.2, -0.15) is 5.26 Å². The summed E-state index contributed by atoms with van der Waals surface area (Å²) >= 11 is 0. The lowest BCUT2D eigenvalue weighted by molar-refractivity contribution is -0.127. The molecule has 88 valence electrons. The number of hydrogen-bond acceptors (Lipinski definition) is 4. The van der Waals surface area contributed by atoms with E-state index in [1.165, 1.54) is 0 Å². The van der Waals surface area contributed by atoms with Gasteiger partial charge in [-0.1, -0.05) is 13.8 Å². The van der Waals surface area contributed by atoms with Gasteiger partial charge < -0.3 is 5.32 Å². The van der Waals surface area contributed by atoms with E-state index in [0.29, 0.717) is 12.6 Å². The van der Waals surface area contributed by atoms with Crippen molar-refractivity contribution in [3.05, 3.63) is 0 Å². The molecule has 5 heteroatoms. The lowest BCUT2D eigenvalue weighted by Crippen LogP contribution is -2.45. The summed E-state index contributed by atoms with van der Waals surface area (Å²) in [5, 5.41) is 13.4. The first kappa shape index (κ1) is 11.4. The Kier molecular flexibility index (Phi) is 2.87. The molecule has 2 rings (SSSR count). The summed E-state index contributed by atoms with van der Waals surface area (Å²) in [6.07, 6.45) is 2.29. The van der Waals surface area contributed by atoms with Crippen LogP contribution in [0.25, 0.3) is 0 Å². The number of hydrogen-bond donors (Lipinski definition) is 1. The molecule has 2 atom stereocenters. The molecule has 5 nitrogen and oxygen atoms in total. The summed E-state index contributed by atoms with van der Waals surface area (Å²) in [6, 6.07) is 1.91. The molecule has 2 fully saturated rings. The first-order valence-electron chi connectivity index (χ1n) is 5.69. The van der Waals surface area contributed by atoms with E-state index in [4.69, 9.17) is 10.1 Å². The molecule has 0 radical (unpaired) electrons. The predicted molar refractivity (Wildman–Crippen MR) is 56.8 cm³/mol. The van der Waals surface area contributed by atoms with Crippen LogP contribution in [0.15, 0.2) is 0 Å². The van der Waals surface area contributed by atoms with E-state index in [9.17, 15) is 4.79 Å². The van der Waals surface area contributed by atoms with Crippen LogP contribution in [0.1, 0.15) is 33.1 Å². The molecule has 0 aromatic carbocycles. The van der Waals surface area contributed by atoms with E-state index in [0.717, 1.165) is 19.3 Å². The Morgan fingerprint density at radius 1 is 1.62 bits per heavy atom. The normalized spacial score (nSPS) is 27.0. The second-order valence-electron chi connectivity index (χ2n) is 5.00. The maximum absolute atomic E-state index is 12.0. The van der Waals surface area contributed by atoms with Crippen molar-refractivity contribution in [2.45, 2.75) is 44.7 Å². The third-order valence-corrected chi connectivity index (χ3v) is 2.95. The first-order chi connectivity index (χ1) is 7.56. The second kappa shape index (κ2) is 4.04. The highest BCUT2D eigenvalue weighted by atomic mass is 16.8. The number of rotatable bonds is 5. The fraction of sp³-hybridized carbons (Fsp3) is 0.818. The van der Waals surface area contributed by atoms with Crippen LogP contribution in [0.2, 0.25) is 0 Å². The minimum Gasteiger partial charge on any atom is -0.336 e. The molecular formula is C11H17N3O2. The number of carbonyl (C=O) groups excluding carboxylic acids is 1. The van der Waals surface area contributed by atoms with Gasteiger partial charge in [0, 0.05) is 0 Å². The number of nitrogens with one attached hydrogen (secondary N) is 1. The molecular weight excluding hydrogens is 206 g/mol. The third kappa shape index (κ3) is 2.52. The van der Waals surface area contributed by atoms with E-state index in [1.54, 1.807) is 5.06 Å². The van der Waals surface area contributed by atoms with Gasteiger partial charge in [0.2, 0.25) is 5.91 Å². The molecule has 2 aliphatic rings. The van der Waals surface area contributed by atoms with Crippen LogP contribution in [0.3, 0.4) is 0 Å². The van der Waals surface area contributed by atoms with E-state index in [-0.39, 0.29) is 11.9 Å². The molecule has 0 aromatic heterocycles. The van der Waals surface area contributed by atoms with Gasteiger partial charge >= 0.3 is 0 Å². The molecule has 1 saturated carbocycles. The quantitative estimate of drug-likeness (QED) is 0.699. The van der Waals surface area contributed by atoms with Crippen LogP contribution < -0.4 is 5.32 Å². The molecule has 16 heavy (non-hydrogen) atoms. The van der Waals surface area contributed by atoms with Crippen molar-refractivity contribution in [1.29, 1.82) is 5.26 Å². The van der Waals surface area contributed by atoms with E-state index in [2.05, 4.69) is 25.2 Å². The van der Waals surface area contributed by atoms with Gasteiger partial charge in [-0.15, -0.1) is 5.06 Å². The molecule has 2 unspecified atom stereocenters. The van der Waals surface area contributed by atoms with E-state index >= 15 is 0 Å². The topological polar surface area (TPSA) is 68.4 Å². The number of amides is 1. The molecule has 0 bridgehead atoms. The lowest BCUT2D eigenvalue weighted by atomic mass is 10.0. The van der Waals surface area contributed by atoms with Gasteiger partial charge in [0.1, 0.15) is 18.3 Å². The summed E-state index contributed by atoms with van der Waals surface area (Å²) in [5.41, 5.74) is -0.581. The van der Waals surface area contributed by atoms with Crippen LogP contribution >= 0.6 is 0 Å². The van der Waals surface area contributed by atoms with E-state index in [1.807, 2.05) is 0 Å². The number of carbonyl (C=O) groups is 1. The summed E-state index contributed by atoms with van der Waals surface area (Å²) in [7, 11) is 0. The third-order valence-electron chi connectivity index (χ3n) is 2.95. The van der Waals surface area contributed by atoms with Crippen molar-refractivity contribution >= 4 is 5.91 Å². The molecule has 0 spiro atoms. The monoisotopic (exact) mass is 223 g/mol. The zero-order chi connectivity index (χ0) is 11.8. The van der Waals surface area contributed by atoms with Gasteiger partial charge in [-0.05, 0) is 25.2 Å². The number of nitrogens with zero attached hydrogens (tertiary/aromatic N) is 2. The highest BCUT2D eigenvalue weighted by Gasteiger charge is 2.47. The summed E-state index contributed by atoms with van der Waals surface area (Å²) < 4.78 is 0. The zero-order valence-corrected chi connectivity index (χ0v) is 9.69. The Hall–Kier alpha value is -1.12. The average Bonchev–Trinajstić information content (AvgIpc) is 3.09. The predicted octanol–water partition coefficient (Wildman–Crippen LogP) is 0.778. The Bertz CT molecular complexity index is 327. The molecule has 1 amide bonds. The van der Waals surface area contributed by atoms with Crippen molar-refractivity contribution < 1.29 is 9.63 Å². The Labute approximate surface area is 95.3 Å². The van der Waals surface area contributed by atoms with Gasteiger partial charge in [-0.3, -0.25) is 9.63 Å². The Morgan fingerprint density at radius 2 is 2.25 bits per heavy atom. The molecule has 1 heterocycles. The van der Waals surface area contributed by atoms with Crippen LogP contribution in [0, 0.1) is 17.2 Å². The molecule has 1 saturated heterocycles. The smallest absolute Gasteiger partial charge is 0.241 e.